The second-order valence-corrected chi connectivity index (χ2v) is 7.44. The summed E-state index contributed by atoms with van der Waals surface area (Å²) in [6, 6.07) is 12.3. The van der Waals surface area contributed by atoms with Gasteiger partial charge in [-0.2, -0.15) is 0 Å². The second-order valence-electron chi connectivity index (χ2n) is 7.01. The van der Waals surface area contributed by atoms with E-state index in [2.05, 4.69) is 5.32 Å². The van der Waals surface area contributed by atoms with Crippen molar-refractivity contribution >= 4 is 46.9 Å². The molecule has 1 fully saturated rings. The number of barbiturate groups is 1. The van der Waals surface area contributed by atoms with Gasteiger partial charge in [-0.05, 0) is 61.5 Å². The molecule has 0 bridgehead atoms. The third kappa shape index (κ3) is 4.39. The van der Waals surface area contributed by atoms with Gasteiger partial charge in [0.2, 0.25) is 0 Å². The van der Waals surface area contributed by atoms with Gasteiger partial charge in [-0.15, -0.1) is 0 Å². The van der Waals surface area contributed by atoms with Crippen LogP contribution in [0.25, 0.3) is 17.4 Å². The van der Waals surface area contributed by atoms with E-state index >= 15 is 0 Å². The van der Waals surface area contributed by atoms with E-state index in [1.807, 2.05) is 0 Å². The van der Waals surface area contributed by atoms with Crippen LogP contribution >= 0.6 is 11.6 Å². The Kier molecular flexibility index (Phi) is 6.15. The molecule has 0 spiro atoms. The molecule has 0 radical (unpaired) electrons. The molecule has 10 nitrogen and oxygen atoms in total. The number of urea groups is 1. The summed E-state index contributed by atoms with van der Waals surface area (Å²) in [5.41, 5.74) is -0.173. The minimum absolute atomic E-state index is 0.0853. The Morgan fingerprint density at radius 3 is 2.53 bits per heavy atom. The minimum Gasteiger partial charge on any atom is -0.494 e. The first-order valence-corrected chi connectivity index (χ1v) is 10.3. The standard InChI is InChI=1S/C23H16ClN3O7/c1-2-33-15-7-9-17(19(12-15)27(31)32)20-10-8-16(34-20)11-18-21(28)25-23(30)26(22(18)29)14-5-3-13(24)4-6-14/h3-12H,2H2,1H3,(H,25,28,30)/b18-11-. The summed E-state index contributed by atoms with van der Waals surface area (Å²) in [6.07, 6.45) is 1.16. The van der Waals surface area contributed by atoms with Gasteiger partial charge in [-0.1, -0.05) is 11.6 Å². The number of ether oxygens (including phenoxy) is 1. The molecule has 34 heavy (non-hydrogen) atoms. The van der Waals surface area contributed by atoms with Crippen LogP contribution in [0.3, 0.4) is 0 Å². The average Bonchev–Trinajstić information content (AvgIpc) is 3.26. The Hall–Kier alpha value is -4.44. The Labute approximate surface area is 197 Å². The molecular formula is C23H16ClN3O7. The molecular weight excluding hydrogens is 466 g/mol. The van der Waals surface area contributed by atoms with E-state index in [1.54, 1.807) is 13.0 Å². The molecule has 0 aliphatic carbocycles. The number of carbonyl (C=O) groups excluding carboxylic acids is 3. The maximum absolute atomic E-state index is 13.0. The van der Waals surface area contributed by atoms with Crippen LogP contribution in [0.15, 0.2) is 64.6 Å². The number of rotatable bonds is 6. The number of nitrogens with one attached hydrogen (secondary N) is 1. The van der Waals surface area contributed by atoms with Crippen molar-refractivity contribution in [3.05, 3.63) is 81.1 Å². The number of nitro groups is 1. The lowest BCUT2D eigenvalue weighted by molar-refractivity contribution is -0.384. The van der Waals surface area contributed by atoms with Gasteiger partial charge < -0.3 is 9.15 Å². The molecule has 0 unspecified atom stereocenters. The first-order valence-electron chi connectivity index (χ1n) is 9.97. The van der Waals surface area contributed by atoms with Crippen molar-refractivity contribution < 1.29 is 28.5 Å². The molecule has 172 valence electrons. The molecule has 1 N–H and O–H groups in total. The van der Waals surface area contributed by atoms with Crippen LogP contribution in [0, 0.1) is 10.1 Å². The fourth-order valence-corrected chi connectivity index (χ4v) is 3.45. The van der Waals surface area contributed by atoms with Crippen LogP contribution in [-0.4, -0.2) is 29.4 Å². The highest BCUT2D eigenvalue weighted by atomic mass is 35.5. The maximum Gasteiger partial charge on any atom is 0.335 e. The third-order valence-corrected chi connectivity index (χ3v) is 5.09. The second kappa shape index (κ2) is 9.20. The molecule has 2 heterocycles. The number of carbonyl (C=O) groups is 3. The average molecular weight is 482 g/mol. The zero-order valence-corrected chi connectivity index (χ0v) is 18.4. The van der Waals surface area contributed by atoms with E-state index < -0.39 is 22.8 Å². The number of hydrogen-bond acceptors (Lipinski definition) is 7. The van der Waals surface area contributed by atoms with Crippen molar-refractivity contribution in [2.75, 3.05) is 11.5 Å². The molecule has 2 aromatic carbocycles. The van der Waals surface area contributed by atoms with E-state index in [0.29, 0.717) is 17.4 Å². The summed E-state index contributed by atoms with van der Waals surface area (Å²) in [4.78, 5) is 49.4. The summed E-state index contributed by atoms with van der Waals surface area (Å²) < 4.78 is 11.0. The van der Waals surface area contributed by atoms with Crippen LogP contribution < -0.4 is 15.0 Å². The number of imide groups is 2. The van der Waals surface area contributed by atoms with Gasteiger partial charge in [0.1, 0.15) is 22.8 Å². The fraction of sp³-hybridized carbons (Fsp3) is 0.0870. The number of nitro benzene ring substituents is 1. The van der Waals surface area contributed by atoms with Gasteiger partial charge in [0, 0.05) is 5.02 Å². The third-order valence-electron chi connectivity index (χ3n) is 4.84. The zero-order chi connectivity index (χ0) is 24.4. The quantitative estimate of drug-likeness (QED) is 0.236. The first-order chi connectivity index (χ1) is 16.3. The van der Waals surface area contributed by atoms with Gasteiger partial charge in [0.05, 0.1) is 28.8 Å². The molecule has 1 aliphatic rings. The lowest BCUT2D eigenvalue weighted by atomic mass is 10.1. The summed E-state index contributed by atoms with van der Waals surface area (Å²) in [5, 5.41) is 14.1. The van der Waals surface area contributed by atoms with E-state index in [4.69, 9.17) is 20.8 Å². The van der Waals surface area contributed by atoms with E-state index in [9.17, 15) is 24.5 Å². The van der Waals surface area contributed by atoms with Crippen LogP contribution in [0.5, 0.6) is 5.75 Å². The van der Waals surface area contributed by atoms with Crippen molar-refractivity contribution in [2.45, 2.75) is 6.92 Å². The van der Waals surface area contributed by atoms with Gasteiger partial charge in [-0.25, -0.2) is 9.69 Å². The number of anilines is 1. The normalized spacial score (nSPS) is 14.9. The lowest BCUT2D eigenvalue weighted by Crippen LogP contribution is -2.54. The topological polar surface area (TPSA) is 132 Å². The molecule has 11 heteroatoms. The zero-order valence-electron chi connectivity index (χ0n) is 17.6. The maximum atomic E-state index is 13.0. The Balaban J connectivity index is 1.68. The van der Waals surface area contributed by atoms with E-state index in [0.717, 1.165) is 11.0 Å². The molecule has 4 rings (SSSR count). The number of furan rings is 1. The van der Waals surface area contributed by atoms with Crippen LogP contribution in [0.1, 0.15) is 12.7 Å². The summed E-state index contributed by atoms with van der Waals surface area (Å²) in [6.45, 7) is 2.11. The highest BCUT2D eigenvalue weighted by molar-refractivity contribution is 6.39. The van der Waals surface area contributed by atoms with Crippen LogP contribution in [0.4, 0.5) is 16.2 Å². The van der Waals surface area contributed by atoms with Crippen molar-refractivity contribution in [2.24, 2.45) is 0 Å². The number of halogens is 1. The Morgan fingerprint density at radius 2 is 1.85 bits per heavy atom. The highest BCUT2D eigenvalue weighted by Crippen LogP contribution is 2.35. The van der Waals surface area contributed by atoms with E-state index in [-0.39, 0.29) is 34.0 Å². The molecule has 1 aliphatic heterocycles. The summed E-state index contributed by atoms with van der Waals surface area (Å²) in [5.74, 6) is -1.19. The largest absolute Gasteiger partial charge is 0.494 e. The molecule has 1 aromatic heterocycles. The van der Waals surface area contributed by atoms with Gasteiger partial charge in [-0.3, -0.25) is 25.0 Å². The van der Waals surface area contributed by atoms with Crippen LogP contribution in [-0.2, 0) is 9.59 Å². The Bertz CT molecular complexity index is 1340. The van der Waals surface area contributed by atoms with Crippen LogP contribution in [0.2, 0.25) is 5.02 Å². The molecule has 3 aromatic rings. The predicted molar refractivity (Wildman–Crippen MR) is 122 cm³/mol. The van der Waals surface area contributed by atoms with Gasteiger partial charge >= 0.3 is 6.03 Å². The smallest absolute Gasteiger partial charge is 0.335 e. The summed E-state index contributed by atoms with van der Waals surface area (Å²) >= 11 is 5.86. The SMILES string of the molecule is CCOc1ccc(-c2ccc(/C=C3/C(=O)NC(=O)N(c4ccc(Cl)cc4)C3=O)o2)c([N+](=O)[O-])c1. The highest BCUT2D eigenvalue weighted by Gasteiger charge is 2.37. The fourth-order valence-electron chi connectivity index (χ4n) is 3.33. The number of amides is 4. The predicted octanol–water partition coefficient (Wildman–Crippen LogP) is 4.57. The van der Waals surface area contributed by atoms with Crippen molar-refractivity contribution in [1.82, 2.24) is 5.32 Å². The van der Waals surface area contributed by atoms with Gasteiger partial charge in [0.25, 0.3) is 17.5 Å². The minimum atomic E-state index is -0.903. The molecule has 4 amide bonds. The number of benzene rings is 2. The Morgan fingerprint density at radius 1 is 1.12 bits per heavy atom. The molecule has 0 atom stereocenters. The summed E-state index contributed by atoms with van der Waals surface area (Å²) in [7, 11) is 0. The first kappa shape index (κ1) is 22.7. The monoisotopic (exact) mass is 481 g/mol. The van der Waals surface area contributed by atoms with Gasteiger partial charge in [0.15, 0.2) is 0 Å². The molecule has 1 saturated heterocycles. The molecule has 0 saturated carbocycles. The number of hydrogen-bond donors (Lipinski definition) is 1. The van der Waals surface area contributed by atoms with Crippen molar-refractivity contribution in [3.63, 3.8) is 0 Å². The number of nitrogens with zero attached hydrogens (tertiary/aromatic N) is 2. The van der Waals surface area contributed by atoms with Crippen molar-refractivity contribution in [1.29, 1.82) is 0 Å². The van der Waals surface area contributed by atoms with Crippen molar-refractivity contribution in [3.8, 4) is 17.1 Å². The lowest BCUT2D eigenvalue weighted by Gasteiger charge is -2.26. The van der Waals surface area contributed by atoms with E-state index in [1.165, 1.54) is 48.5 Å².